The molecule has 1 aliphatic heterocycles. The third kappa shape index (κ3) is 3.62. The Bertz CT molecular complexity index is 703. The van der Waals surface area contributed by atoms with Crippen molar-refractivity contribution in [1.29, 1.82) is 0 Å². The molecule has 0 spiro atoms. The Morgan fingerprint density at radius 1 is 1.29 bits per heavy atom. The molecular formula is C19H24N2O3. The first kappa shape index (κ1) is 16.6. The molecule has 0 saturated heterocycles. The molecule has 1 N–H and O–H groups in total. The van der Waals surface area contributed by atoms with Crippen LogP contribution < -0.4 is 19.5 Å². The molecule has 1 atom stereocenters. The van der Waals surface area contributed by atoms with Crippen molar-refractivity contribution < 1.29 is 14.2 Å². The van der Waals surface area contributed by atoms with Crippen LogP contribution in [0.5, 0.6) is 17.2 Å². The second kappa shape index (κ2) is 7.53. The monoisotopic (exact) mass is 328 g/mol. The smallest absolute Gasteiger partial charge is 0.127 e. The highest BCUT2D eigenvalue weighted by Crippen LogP contribution is 2.36. The number of nitrogens with one attached hydrogen (secondary N) is 1. The summed E-state index contributed by atoms with van der Waals surface area (Å²) < 4.78 is 17.0. The van der Waals surface area contributed by atoms with Crippen LogP contribution in [0.15, 0.2) is 30.6 Å². The quantitative estimate of drug-likeness (QED) is 0.846. The van der Waals surface area contributed by atoms with E-state index in [1.54, 1.807) is 13.3 Å². The lowest BCUT2D eigenvalue weighted by atomic mass is 10.1. The molecule has 5 nitrogen and oxygen atoms in total. The summed E-state index contributed by atoms with van der Waals surface area (Å²) in [5.41, 5.74) is 3.39. The minimum absolute atomic E-state index is 0.217. The number of aromatic nitrogens is 1. The normalized spacial score (nSPS) is 15.7. The fourth-order valence-corrected chi connectivity index (χ4v) is 3.04. The number of hydrogen-bond donors (Lipinski definition) is 1. The van der Waals surface area contributed by atoms with Gasteiger partial charge in [-0.05, 0) is 32.0 Å². The van der Waals surface area contributed by atoms with E-state index >= 15 is 0 Å². The van der Waals surface area contributed by atoms with Gasteiger partial charge in [0.1, 0.15) is 23.4 Å². The first-order chi connectivity index (χ1) is 11.7. The average Bonchev–Trinajstić information content (AvgIpc) is 2.96. The summed E-state index contributed by atoms with van der Waals surface area (Å²) >= 11 is 0. The van der Waals surface area contributed by atoms with Gasteiger partial charge in [-0.1, -0.05) is 0 Å². The maximum atomic E-state index is 5.99. The minimum atomic E-state index is 0.217. The Hall–Kier alpha value is -2.27. The molecule has 128 valence electrons. The number of benzene rings is 1. The number of hydrogen-bond acceptors (Lipinski definition) is 5. The van der Waals surface area contributed by atoms with Gasteiger partial charge in [0.15, 0.2) is 0 Å². The summed E-state index contributed by atoms with van der Waals surface area (Å²) in [5, 5.41) is 3.45. The van der Waals surface area contributed by atoms with Crippen LogP contribution in [-0.2, 0) is 19.5 Å². The summed E-state index contributed by atoms with van der Waals surface area (Å²) in [4.78, 5) is 4.16. The average molecular weight is 328 g/mol. The van der Waals surface area contributed by atoms with E-state index in [1.165, 1.54) is 5.56 Å². The van der Waals surface area contributed by atoms with Crippen molar-refractivity contribution in [1.82, 2.24) is 10.3 Å². The predicted octanol–water partition coefficient (Wildman–Crippen LogP) is 3.10. The Morgan fingerprint density at radius 2 is 2.12 bits per heavy atom. The van der Waals surface area contributed by atoms with E-state index in [1.807, 2.05) is 19.2 Å². The van der Waals surface area contributed by atoms with Crippen LogP contribution in [0.4, 0.5) is 0 Å². The molecule has 0 fully saturated rings. The van der Waals surface area contributed by atoms with Gasteiger partial charge in [-0.25, -0.2) is 0 Å². The van der Waals surface area contributed by atoms with Crippen molar-refractivity contribution in [2.75, 3.05) is 13.7 Å². The van der Waals surface area contributed by atoms with Gasteiger partial charge in [0, 0.05) is 48.6 Å². The van der Waals surface area contributed by atoms with Gasteiger partial charge in [0.25, 0.3) is 0 Å². The maximum Gasteiger partial charge on any atom is 0.127 e. The Morgan fingerprint density at radius 3 is 2.92 bits per heavy atom. The molecule has 0 amide bonds. The third-order valence-electron chi connectivity index (χ3n) is 4.06. The fraction of sp³-hybridized carbons (Fsp3) is 0.421. The highest BCUT2D eigenvalue weighted by Gasteiger charge is 2.23. The third-order valence-corrected chi connectivity index (χ3v) is 4.06. The number of ether oxygens (including phenoxy) is 3. The Balaban J connectivity index is 1.73. The topological polar surface area (TPSA) is 52.6 Å². The van der Waals surface area contributed by atoms with E-state index in [9.17, 15) is 0 Å². The van der Waals surface area contributed by atoms with Gasteiger partial charge >= 0.3 is 0 Å². The van der Waals surface area contributed by atoms with E-state index in [4.69, 9.17) is 14.2 Å². The molecule has 24 heavy (non-hydrogen) atoms. The number of pyridine rings is 1. The van der Waals surface area contributed by atoms with Gasteiger partial charge < -0.3 is 19.5 Å². The molecule has 2 heterocycles. The molecule has 0 radical (unpaired) electrons. The Kier molecular flexibility index (Phi) is 5.20. The summed E-state index contributed by atoms with van der Waals surface area (Å²) in [6.45, 7) is 6.14. The molecule has 1 aromatic carbocycles. The zero-order valence-corrected chi connectivity index (χ0v) is 14.5. The maximum absolute atomic E-state index is 5.99. The van der Waals surface area contributed by atoms with E-state index in [-0.39, 0.29) is 6.10 Å². The second-order valence-electron chi connectivity index (χ2n) is 5.93. The molecule has 0 bridgehead atoms. The molecule has 3 rings (SSSR count). The van der Waals surface area contributed by atoms with Crippen molar-refractivity contribution in [3.63, 3.8) is 0 Å². The first-order valence-electron chi connectivity index (χ1n) is 8.34. The number of nitrogens with zero attached hydrogens (tertiary/aromatic N) is 1. The molecular weight excluding hydrogens is 304 g/mol. The van der Waals surface area contributed by atoms with Crippen LogP contribution in [0.25, 0.3) is 0 Å². The van der Waals surface area contributed by atoms with E-state index in [2.05, 4.69) is 29.4 Å². The van der Waals surface area contributed by atoms with Crippen LogP contribution >= 0.6 is 0 Å². The molecule has 2 aromatic rings. The molecule has 5 heteroatoms. The van der Waals surface area contributed by atoms with Gasteiger partial charge in [0.2, 0.25) is 0 Å². The standard InChI is InChI=1S/C19H24N2O3/c1-4-23-17-8-14-7-13(2)24-19(14)15(9-17)10-21-12-16-11-20-6-5-18(16)22-3/h5-6,8-9,11,13,21H,4,7,10,12H2,1-3H3. The minimum Gasteiger partial charge on any atom is -0.496 e. The lowest BCUT2D eigenvalue weighted by Gasteiger charge is -2.14. The summed E-state index contributed by atoms with van der Waals surface area (Å²) in [7, 11) is 1.67. The largest absolute Gasteiger partial charge is 0.496 e. The number of fused-ring (bicyclic) bond motifs is 1. The first-order valence-corrected chi connectivity index (χ1v) is 8.34. The SMILES string of the molecule is CCOc1cc(CNCc2cnccc2OC)c2c(c1)CC(C)O2. The van der Waals surface area contributed by atoms with Crippen LogP contribution in [0.3, 0.4) is 0 Å². The van der Waals surface area contributed by atoms with Crippen molar-refractivity contribution in [3.8, 4) is 17.2 Å². The number of rotatable bonds is 7. The van der Waals surface area contributed by atoms with Crippen molar-refractivity contribution in [3.05, 3.63) is 47.3 Å². The lowest BCUT2D eigenvalue weighted by Crippen LogP contribution is -2.15. The van der Waals surface area contributed by atoms with E-state index < -0.39 is 0 Å². The van der Waals surface area contributed by atoms with Crippen molar-refractivity contribution in [2.45, 2.75) is 39.5 Å². The molecule has 0 saturated carbocycles. The summed E-state index contributed by atoms with van der Waals surface area (Å²) in [6, 6.07) is 6.03. The zero-order valence-electron chi connectivity index (χ0n) is 14.5. The van der Waals surface area contributed by atoms with Gasteiger partial charge in [0.05, 0.1) is 13.7 Å². The highest BCUT2D eigenvalue weighted by molar-refractivity contribution is 5.49. The van der Waals surface area contributed by atoms with Gasteiger partial charge in [-0.3, -0.25) is 4.98 Å². The van der Waals surface area contributed by atoms with Crippen LogP contribution in [-0.4, -0.2) is 24.8 Å². The predicted molar refractivity (Wildman–Crippen MR) is 92.7 cm³/mol. The molecule has 0 aliphatic carbocycles. The Labute approximate surface area is 143 Å². The fourth-order valence-electron chi connectivity index (χ4n) is 3.04. The zero-order chi connectivity index (χ0) is 16.9. The molecule has 1 aromatic heterocycles. The lowest BCUT2D eigenvalue weighted by molar-refractivity contribution is 0.252. The van der Waals surface area contributed by atoms with Gasteiger partial charge in [-0.15, -0.1) is 0 Å². The van der Waals surface area contributed by atoms with Crippen LogP contribution in [0.2, 0.25) is 0 Å². The highest BCUT2D eigenvalue weighted by atomic mass is 16.5. The van der Waals surface area contributed by atoms with Gasteiger partial charge in [-0.2, -0.15) is 0 Å². The number of methoxy groups -OCH3 is 1. The summed E-state index contributed by atoms with van der Waals surface area (Å²) in [6.07, 6.45) is 4.70. The van der Waals surface area contributed by atoms with Crippen LogP contribution in [0.1, 0.15) is 30.5 Å². The van der Waals surface area contributed by atoms with E-state index in [0.29, 0.717) is 19.7 Å². The second-order valence-corrected chi connectivity index (χ2v) is 5.93. The van der Waals surface area contributed by atoms with Crippen LogP contribution in [0, 0.1) is 0 Å². The van der Waals surface area contributed by atoms with E-state index in [0.717, 1.165) is 34.8 Å². The van der Waals surface area contributed by atoms with Crippen molar-refractivity contribution in [2.24, 2.45) is 0 Å². The molecule has 1 aliphatic rings. The molecule has 1 unspecified atom stereocenters. The van der Waals surface area contributed by atoms with Crippen molar-refractivity contribution >= 4 is 0 Å². The summed E-state index contributed by atoms with van der Waals surface area (Å²) in [5.74, 6) is 2.75.